The van der Waals surface area contributed by atoms with Crippen LogP contribution in [0.4, 0.5) is 4.79 Å². The van der Waals surface area contributed by atoms with Gasteiger partial charge in [0.2, 0.25) is 0 Å². The molecule has 2 rings (SSSR count). The van der Waals surface area contributed by atoms with Gasteiger partial charge in [0.05, 0.1) is 0 Å². The van der Waals surface area contributed by atoms with Gasteiger partial charge in [0.1, 0.15) is 0 Å². The standard InChI is InChI=1S/C18H28ClN3O/c1-13(2)14(3)20-18(23)21-17-8-10-22(11-9-17)12-15-4-6-16(19)7-5-15/h4-7,13-14,17H,8-12H2,1-3H3,(H2,20,21,23). The van der Waals surface area contributed by atoms with Crippen LogP contribution in [0.2, 0.25) is 5.02 Å². The van der Waals surface area contributed by atoms with Crippen LogP contribution in [-0.4, -0.2) is 36.1 Å². The Kier molecular flexibility index (Phi) is 6.72. The molecule has 1 heterocycles. The summed E-state index contributed by atoms with van der Waals surface area (Å²) in [6.45, 7) is 9.22. The van der Waals surface area contributed by atoms with E-state index < -0.39 is 0 Å². The van der Waals surface area contributed by atoms with Crippen LogP contribution in [0.3, 0.4) is 0 Å². The predicted octanol–water partition coefficient (Wildman–Crippen LogP) is 3.65. The average molecular weight is 338 g/mol. The molecule has 1 atom stereocenters. The quantitative estimate of drug-likeness (QED) is 0.861. The van der Waals surface area contributed by atoms with Crippen molar-refractivity contribution in [3.8, 4) is 0 Å². The van der Waals surface area contributed by atoms with Gasteiger partial charge in [-0.15, -0.1) is 0 Å². The second kappa shape index (κ2) is 8.55. The highest BCUT2D eigenvalue weighted by Crippen LogP contribution is 2.16. The third-order valence-corrected chi connectivity index (χ3v) is 4.85. The minimum atomic E-state index is -0.0395. The van der Waals surface area contributed by atoms with Crippen LogP contribution in [0, 0.1) is 5.92 Å². The van der Waals surface area contributed by atoms with Gasteiger partial charge in [-0.2, -0.15) is 0 Å². The number of nitrogens with one attached hydrogen (secondary N) is 2. The van der Waals surface area contributed by atoms with Crippen LogP contribution in [0.25, 0.3) is 0 Å². The van der Waals surface area contributed by atoms with E-state index in [0.29, 0.717) is 5.92 Å². The highest BCUT2D eigenvalue weighted by Gasteiger charge is 2.21. The van der Waals surface area contributed by atoms with E-state index in [1.165, 1.54) is 5.56 Å². The fourth-order valence-corrected chi connectivity index (χ4v) is 2.81. The van der Waals surface area contributed by atoms with Crippen molar-refractivity contribution in [2.45, 2.75) is 52.2 Å². The number of carbonyl (C=O) groups excluding carboxylic acids is 1. The molecule has 2 amide bonds. The first-order valence-corrected chi connectivity index (χ1v) is 8.85. The molecule has 0 bridgehead atoms. The molecule has 1 aliphatic rings. The molecule has 128 valence electrons. The summed E-state index contributed by atoms with van der Waals surface area (Å²) in [7, 11) is 0. The molecule has 1 saturated heterocycles. The number of rotatable bonds is 5. The van der Waals surface area contributed by atoms with Crippen LogP contribution in [0.1, 0.15) is 39.2 Å². The van der Waals surface area contributed by atoms with Gasteiger partial charge in [0.25, 0.3) is 0 Å². The molecule has 1 aromatic carbocycles. The molecule has 23 heavy (non-hydrogen) atoms. The smallest absolute Gasteiger partial charge is 0.315 e. The number of likely N-dealkylation sites (tertiary alicyclic amines) is 1. The molecule has 4 nitrogen and oxygen atoms in total. The first-order chi connectivity index (χ1) is 10.9. The highest BCUT2D eigenvalue weighted by molar-refractivity contribution is 6.30. The van der Waals surface area contributed by atoms with Crippen LogP contribution in [0.15, 0.2) is 24.3 Å². The molecular formula is C18H28ClN3O. The summed E-state index contributed by atoms with van der Waals surface area (Å²) in [5.41, 5.74) is 1.28. The highest BCUT2D eigenvalue weighted by atomic mass is 35.5. The first-order valence-electron chi connectivity index (χ1n) is 8.48. The Labute approximate surface area is 144 Å². The van der Waals surface area contributed by atoms with Crippen LogP contribution in [0.5, 0.6) is 0 Å². The van der Waals surface area contributed by atoms with Crippen molar-refractivity contribution < 1.29 is 4.79 Å². The second-order valence-corrected chi connectivity index (χ2v) is 7.26. The summed E-state index contributed by atoms with van der Waals surface area (Å²) in [4.78, 5) is 14.4. The number of urea groups is 1. The second-order valence-electron chi connectivity index (χ2n) is 6.83. The summed E-state index contributed by atoms with van der Waals surface area (Å²) in [6, 6.07) is 8.45. The van der Waals surface area contributed by atoms with E-state index >= 15 is 0 Å². The molecule has 2 N–H and O–H groups in total. The SMILES string of the molecule is CC(C)C(C)NC(=O)NC1CCN(Cc2ccc(Cl)cc2)CC1. The van der Waals surface area contributed by atoms with Crippen molar-refractivity contribution in [2.24, 2.45) is 5.92 Å². The molecule has 1 aliphatic heterocycles. The van der Waals surface area contributed by atoms with Gasteiger partial charge in [-0.05, 0) is 43.4 Å². The molecular weight excluding hydrogens is 310 g/mol. The van der Waals surface area contributed by atoms with Gasteiger partial charge in [-0.3, -0.25) is 4.90 Å². The van der Waals surface area contributed by atoms with Crippen molar-refractivity contribution >= 4 is 17.6 Å². The van der Waals surface area contributed by atoms with Crippen LogP contribution in [-0.2, 0) is 6.54 Å². The Morgan fingerprint density at radius 1 is 1.22 bits per heavy atom. The Morgan fingerprint density at radius 3 is 2.39 bits per heavy atom. The van der Waals surface area contributed by atoms with Gasteiger partial charge >= 0.3 is 6.03 Å². The van der Waals surface area contributed by atoms with Gasteiger partial charge in [0.15, 0.2) is 0 Å². The summed E-state index contributed by atoms with van der Waals surface area (Å²) in [5.74, 6) is 0.446. The first kappa shape index (κ1) is 18.1. The topological polar surface area (TPSA) is 44.4 Å². The maximum absolute atomic E-state index is 12.0. The predicted molar refractivity (Wildman–Crippen MR) is 95.7 cm³/mol. The number of hydrogen-bond acceptors (Lipinski definition) is 2. The summed E-state index contributed by atoms with van der Waals surface area (Å²) < 4.78 is 0. The third-order valence-electron chi connectivity index (χ3n) is 4.60. The molecule has 0 radical (unpaired) electrons. The molecule has 5 heteroatoms. The van der Waals surface area contributed by atoms with E-state index in [-0.39, 0.29) is 18.1 Å². The van der Waals surface area contributed by atoms with Gasteiger partial charge < -0.3 is 10.6 Å². The lowest BCUT2D eigenvalue weighted by molar-refractivity contribution is 0.185. The molecule has 0 aliphatic carbocycles. The van der Waals surface area contributed by atoms with Crippen molar-refractivity contribution in [3.63, 3.8) is 0 Å². The number of benzene rings is 1. The molecule has 1 fully saturated rings. The number of hydrogen-bond donors (Lipinski definition) is 2. The Hall–Kier alpha value is -1.26. The third kappa shape index (κ3) is 6.04. The number of carbonyl (C=O) groups is 1. The molecule has 0 aromatic heterocycles. The lowest BCUT2D eigenvalue weighted by Gasteiger charge is -2.32. The Balaban J connectivity index is 1.71. The van der Waals surface area contributed by atoms with E-state index in [0.717, 1.165) is 37.5 Å². The van der Waals surface area contributed by atoms with Gasteiger partial charge in [0, 0.05) is 36.7 Å². The number of amides is 2. The molecule has 1 aromatic rings. The normalized spacial score (nSPS) is 18.0. The average Bonchev–Trinajstić information content (AvgIpc) is 2.51. The molecule has 0 spiro atoms. The summed E-state index contributed by atoms with van der Waals surface area (Å²) >= 11 is 5.92. The van der Waals surface area contributed by atoms with E-state index in [1.54, 1.807) is 0 Å². The van der Waals surface area contributed by atoms with E-state index in [9.17, 15) is 4.79 Å². The largest absolute Gasteiger partial charge is 0.335 e. The zero-order chi connectivity index (χ0) is 16.8. The fourth-order valence-electron chi connectivity index (χ4n) is 2.68. The van der Waals surface area contributed by atoms with Crippen molar-refractivity contribution in [3.05, 3.63) is 34.9 Å². The van der Waals surface area contributed by atoms with Crippen LogP contribution < -0.4 is 10.6 Å². The van der Waals surface area contributed by atoms with Crippen molar-refractivity contribution in [1.29, 1.82) is 0 Å². The number of piperidine rings is 1. The van der Waals surface area contributed by atoms with E-state index in [4.69, 9.17) is 11.6 Å². The molecule has 0 saturated carbocycles. The Bertz CT molecular complexity index is 495. The number of halogens is 1. The van der Waals surface area contributed by atoms with Crippen molar-refractivity contribution in [2.75, 3.05) is 13.1 Å². The summed E-state index contributed by atoms with van der Waals surface area (Å²) in [5, 5.41) is 6.89. The fraction of sp³-hybridized carbons (Fsp3) is 0.611. The van der Waals surface area contributed by atoms with Gasteiger partial charge in [-0.1, -0.05) is 37.6 Å². The minimum Gasteiger partial charge on any atom is -0.335 e. The lowest BCUT2D eigenvalue weighted by Crippen LogP contribution is -2.50. The molecule has 1 unspecified atom stereocenters. The minimum absolute atomic E-state index is 0.0395. The van der Waals surface area contributed by atoms with Crippen LogP contribution >= 0.6 is 11.6 Å². The summed E-state index contributed by atoms with van der Waals surface area (Å²) in [6.07, 6.45) is 1.99. The zero-order valence-corrected chi connectivity index (χ0v) is 15.1. The van der Waals surface area contributed by atoms with Crippen molar-refractivity contribution in [1.82, 2.24) is 15.5 Å². The monoisotopic (exact) mass is 337 g/mol. The van der Waals surface area contributed by atoms with Gasteiger partial charge in [-0.25, -0.2) is 4.79 Å². The number of nitrogens with zero attached hydrogens (tertiary/aromatic N) is 1. The lowest BCUT2D eigenvalue weighted by atomic mass is 10.0. The zero-order valence-electron chi connectivity index (χ0n) is 14.3. The van der Waals surface area contributed by atoms with E-state index in [1.807, 2.05) is 19.1 Å². The maximum Gasteiger partial charge on any atom is 0.315 e. The Morgan fingerprint density at radius 2 is 1.83 bits per heavy atom. The van der Waals surface area contributed by atoms with E-state index in [2.05, 4.69) is 41.5 Å². The maximum atomic E-state index is 12.0.